The summed E-state index contributed by atoms with van der Waals surface area (Å²) in [6.07, 6.45) is -4.25. The molecule has 134 valence electrons. The average Bonchev–Trinajstić information content (AvgIpc) is 2.56. The Hall–Kier alpha value is -2.50. The fourth-order valence-electron chi connectivity index (χ4n) is 2.42. The number of hydrogen-bond donors (Lipinski definition) is 1. The first-order valence-corrected chi connectivity index (χ1v) is 7.98. The van der Waals surface area contributed by atoms with Gasteiger partial charge in [0.25, 0.3) is 0 Å². The number of nitrogens with one attached hydrogen (secondary N) is 1. The van der Waals surface area contributed by atoms with Crippen molar-refractivity contribution >= 4 is 5.91 Å². The highest BCUT2D eigenvalue weighted by atomic mass is 19.4. The van der Waals surface area contributed by atoms with E-state index in [1.165, 1.54) is 6.07 Å². The molecule has 0 saturated carbocycles. The van der Waals surface area contributed by atoms with Crippen LogP contribution in [0.1, 0.15) is 36.6 Å². The number of alkyl halides is 3. The zero-order valence-corrected chi connectivity index (χ0v) is 14.1. The smallest absolute Gasteiger partial charge is 0.416 e. The summed E-state index contributed by atoms with van der Waals surface area (Å²) < 4.78 is 43.6. The van der Waals surface area contributed by atoms with Gasteiger partial charge in [-0.3, -0.25) is 4.79 Å². The molecule has 0 saturated heterocycles. The van der Waals surface area contributed by atoms with Crippen LogP contribution in [-0.4, -0.2) is 12.5 Å². The molecule has 0 fully saturated rings. The highest BCUT2D eigenvalue weighted by Crippen LogP contribution is 2.30. The van der Waals surface area contributed by atoms with Crippen LogP contribution in [0.25, 0.3) is 0 Å². The predicted octanol–water partition coefficient (Wildman–Crippen LogP) is 4.52. The van der Waals surface area contributed by atoms with Crippen molar-refractivity contribution in [3.8, 4) is 5.75 Å². The molecule has 0 bridgehead atoms. The Morgan fingerprint density at radius 3 is 2.44 bits per heavy atom. The van der Waals surface area contributed by atoms with E-state index in [1.807, 2.05) is 6.92 Å². The van der Waals surface area contributed by atoms with Crippen molar-refractivity contribution in [2.45, 2.75) is 32.5 Å². The monoisotopic (exact) mass is 351 g/mol. The third kappa shape index (κ3) is 5.52. The SMILES string of the molecule is CCOc1ccc(CC(=O)N[C@H](C)c2cccc(C(F)(F)F)c2)cc1. The van der Waals surface area contributed by atoms with Gasteiger partial charge in [0.1, 0.15) is 5.75 Å². The van der Waals surface area contributed by atoms with Crippen molar-refractivity contribution in [3.05, 3.63) is 65.2 Å². The summed E-state index contributed by atoms with van der Waals surface area (Å²) in [6, 6.07) is 11.6. The number of amides is 1. The summed E-state index contributed by atoms with van der Waals surface area (Å²) in [5, 5.41) is 2.73. The molecule has 25 heavy (non-hydrogen) atoms. The number of benzene rings is 2. The van der Waals surface area contributed by atoms with E-state index in [0.717, 1.165) is 23.4 Å². The van der Waals surface area contributed by atoms with Gasteiger partial charge in [-0.25, -0.2) is 0 Å². The number of ether oxygens (including phenoxy) is 1. The molecule has 1 amide bonds. The number of halogens is 3. The van der Waals surface area contributed by atoms with Crippen molar-refractivity contribution in [2.75, 3.05) is 6.61 Å². The summed E-state index contributed by atoms with van der Waals surface area (Å²) in [6.45, 7) is 4.11. The van der Waals surface area contributed by atoms with Crippen molar-refractivity contribution in [1.82, 2.24) is 5.32 Å². The van der Waals surface area contributed by atoms with Crippen LogP contribution >= 0.6 is 0 Å². The lowest BCUT2D eigenvalue weighted by atomic mass is 10.0. The van der Waals surface area contributed by atoms with Gasteiger partial charge in [-0.2, -0.15) is 13.2 Å². The highest BCUT2D eigenvalue weighted by Gasteiger charge is 2.30. The van der Waals surface area contributed by atoms with E-state index in [4.69, 9.17) is 4.74 Å². The van der Waals surface area contributed by atoms with E-state index in [-0.39, 0.29) is 12.3 Å². The number of hydrogen-bond acceptors (Lipinski definition) is 2. The second kappa shape index (κ2) is 8.05. The van der Waals surface area contributed by atoms with Crippen LogP contribution < -0.4 is 10.1 Å². The largest absolute Gasteiger partial charge is 0.494 e. The topological polar surface area (TPSA) is 38.3 Å². The van der Waals surface area contributed by atoms with Crippen molar-refractivity contribution in [3.63, 3.8) is 0 Å². The van der Waals surface area contributed by atoms with Crippen LogP contribution in [0, 0.1) is 0 Å². The van der Waals surface area contributed by atoms with Crippen LogP contribution in [0.4, 0.5) is 13.2 Å². The Labute approximate surface area is 144 Å². The van der Waals surface area contributed by atoms with Gasteiger partial charge >= 0.3 is 6.18 Å². The maximum atomic E-state index is 12.8. The standard InChI is InChI=1S/C19H20F3NO2/c1-3-25-17-9-7-14(8-10-17)11-18(24)23-13(2)15-5-4-6-16(12-15)19(20,21)22/h4-10,12-13H,3,11H2,1-2H3,(H,23,24)/t13-/m1/s1. The molecule has 0 spiro atoms. The summed E-state index contributed by atoms with van der Waals surface area (Å²) in [5.74, 6) is 0.470. The maximum Gasteiger partial charge on any atom is 0.416 e. The Kier molecular flexibility index (Phi) is 6.07. The molecule has 2 aromatic carbocycles. The van der Waals surface area contributed by atoms with Crippen LogP contribution in [0.3, 0.4) is 0 Å². The molecule has 0 aliphatic carbocycles. The molecule has 2 rings (SSSR count). The van der Waals surface area contributed by atoms with Gasteiger partial charge in [0.15, 0.2) is 0 Å². The molecule has 6 heteroatoms. The van der Waals surface area contributed by atoms with Gasteiger partial charge in [-0.15, -0.1) is 0 Å². The molecule has 1 atom stereocenters. The van der Waals surface area contributed by atoms with Crippen LogP contribution in [0.15, 0.2) is 48.5 Å². The van der Waals surface area contributed by atoms with E-state index in [2.05, 4.69) is 5.32 Å². The molecule has 0 radical (unpaired) electrons. The van der Waals surface area contributed by atoms with Crippen LogP contribution in [0.5, 0.6) is 5.75 Å². The Morgan fingerprint density at radius 1 is 1.16 bits per heavy atom. The van der Waals surface area contributed by atoms with Gasteiger partial charge in [0.2, 0.25) is 5.91 Å². The van der Waals surface area contributed by atoms with E-state index < -0.39 is 17.8 Å². The quantitative estimate of drug-likeness (QED) is 0.831. The van der Waals surface area contributed by atoms with E-state index >= 15 is 0 Å². The molecule has 0 aromatic heterocycles. The van der Waals surface area contributed by atoms with Gasteiger partial charge < -0.3 is 10.1 Å². The molecule has 3 nitrogen and oxygen atoms in total. The summed E-state index contributed by atoms with van der Waals surface area (Å²) in [5.41, 5.74) is 0.490. The van der Waals surface area contributed by atoms with Gasteiger partial charge in [0.05, 0.1) is 24.6 Å². The third-order valence-corrected chi connectivity index (χ3v) is 3.69. The average molecular weight is 351 g/mol. The second-order valence-electron chi connectivity index (χ2n) is 5.67. The van der Waals surface area contributed by atoms with Crippen LogP contribution in [-0.2, 0) is 17.4 Å². The second-order valence-corrected chi connectivity index (χ2v) is 5.67. The normalized spacial score (nSPS) is 12.5. The Bertz CT molecular complexity index is 711. The molecule has 1 N–H and O–H groups in total. The van der Waals surface area contributed by atoms with Crippen molar-refractivity contribution < 1.29 is 22.7 Å². The minimum absolute atomic E-state index is 0.149. The van der Waals surface area contributed by atoms with Crippen LogP contribution in [0.2, 0.25) is 0 Å². The first kappa shape index (κ1) is 18.8. The number of carbonyl (C=O) groups is 1. The molecular formula is C19H20F3NO2. The van der Waals surface area contributed by atoms with Gasteiger partial charge in [-0.05, 0) is 49.2 Å². The third-order valence-electron chi connectivity index (χ3n) is 3.69. The molecule has 0 aliphatic rings. The van der Waals surface area contributed by atoms with E-state index in [9.17, 15) is 18.0 Å². The molecule has 0 aliphatic heterocycles. The zero-order chi connectivity index (χ0) is 18.4. The first-order chi connectivity index (χ1) is 11.8. The van der Waals surface area contributed by atoms with Crippen molar-refractivity contribution in [1.29, 1.82) is 0 Å². The van der Waals surface area contributed by atoms with E-state index in [1.54, 1.807) is 37.3 Å². The minimum Gasteiger partial charge on any atom is -0.494 e. The minimum atomic E-state index is -4.40. The molecule has 0 unspecified atom stereocenters. The summed E-state index contributed by atoms with van der Waals surface area (Å²) in [7, 11) is 0. The van der Waals surface area contributed by atoms with Crippen molar-refractivity contribution in [2.24, 2.45) is 0 Å². The first-order valence-electron chi connectivity index (χ1n) is 7.98. The highest BCUT2D eigenvalue weighted by molar-refractivity contribution is 5.79. The zero-order valence-electron chi connectivity index (χ0n) is 14.1. The molecule has 0 heterocycles. The van der Waals surface area contributed by atoms with E-state index in [0.29, 0.717) is 12.2 Å². The Balaban J connectivity index is 1.98. The lowest BCUT2D eigenvalue weighted by Crippen LogP contribution is -2.28. The molecule has 2 aromatic rings. The van der Waals surface area contributed by atoms with Gasteiger partial charge in [-0.1, -0.05) is 24.3 Å². The predicted molar refractivity (Wildman–Crippen MR) is 89.3 cm³/mol. The number of rotatable bonds is 6. The summed E-state index contributed by atoms with van der Waals surface area (Å²) in [4.78, 5) is 12.1. The lowest BCUT2D eigenvalue weighted by molar-refractivity contribution is -0.137. The summed E-state index contributed by atoms with van der Waals surface area (Å²) >= 11 is 0. The molecular weight excluding hydrogens is 331 g/mol. The Morgan fingerprint density at radius 2 is 1.84 bits per heavy atom. The lowest BCUT2D eigenvalue weighted by Gasteiger charge is -2.16. The van der Waals surface area contributed by atoms with Gasteiger partial charge in [0, 0.05) is 0 Å². The fraction of sp³-hybridized carbons (Fsp3) is 0.316. The maximum absolute atomic E-state index is 12.8. The number of carbonyl (C=O) groups excluding carboxylic acids is 1. The fourth-order valence-corrected chi connectivity index (χ4v) is 2.42.